The number of allylic oxidation sites excluding steroid dienone is 20. The average Bonchev–Trinajstić information content (AvgIpc) is 0.916. The lowest BCUT2D eigenvalue weighted by molar-refractivity contribution is -0.161. The maximum absolute atomic E-state index is 13.0. The van der Waals surface area contributed by atoms with E-state index in [9.17, 15) is 43.5 Å². The van der Waals surface area contributed by atoms with Crippen LogP contribution >= 0.6 is 15.6 Å². The Labute approximate surface area is 627 Å². The van der Waals surface area contributed by atoms with Gasteiger partial charge >= 0.3 is 33.6 Å². The molecule has 0 aliphatic rings. The van der Waals surface area contributed by atoms with Crippen LogP contribution in [0.3, 0.4) is 0 Å². The van der Waals surface area contributed by atoms with E-state index < -0.39 is 91.5 Å². The summed E-state index contributed by atoms with van der Waals surface area (Å²) in [6, 6.07) is 0. The summed E-state index contributed by atoms with van der Waals surface area (Å²) in [5.41, 5.74) is 0. The quantitative estimate of drug-likeness (QED) is 0.0146. The number of phosphoric ester groups is 2. The molecule has 0 radical (unpaired) electrons. The number of carbonyl (C=O) groups is 3. The zero-order valence-corrected chi connectivity index (χ0v) is 66.7. The van der Waals surface area contributed by atoms with Crippen LogP contribution in [-0.4, -0.2) is 95.9 Å². The van der Waals surface area contributed by atoms with Gasteiger partial charge in [0, 0.05) is 19.3 Å². The molecule has 5 unspecified atom stereocenters. The van der Waals surface area contributed by atoms with Crippen LogP contribution in [0.2, 0.25) is 0 Å². The van der Waals surface area contributed by atoms with Gasteiger partial charge in [-0.15, -0.1) is 0 Å². The van der Waals surface area contributed by atoms with E-state index in [1.807, 2.05) is 0 Å². The van der Waals surface area contributed by atoms with Crippen LogP contribution in [0.5, 0.6) is 0 Å². The van der Waals surface area contributed by atoms with Crippen molar-refractivity contribution in [3.63, 3.8) is 0 Å². The smallest absolute Gasteiger partial charge is 0.463 e. The average molecular weight is 1490 g/mol. The topological polar surface area (TPSA) is 231 Å². The Kier molecular flexibility index (Phi) is 74.5. The fraction of sp³-hybridized carbons (Fsp3) is 0.729. The largest absolute Gasteiger partial charge is 0.472 e. The zero-order valence-electron chi connectivity index (χ0n) is 65.0. The summed E-state index contributed by atoms with van der Waals surface area (Å²) in [5, 5.41) is 20.7. The summed E-state index contributed by atoms with van der Waals surface area (Å²) in [5.74, 6) is -1.58. The van der Waals surface area contributed by atoms with Gasteiger partial charge in [0.2, 0.25) is 0 Å². The number of ether oxygens (including phenoxy) is 3. The highest BCUT2D eigenvalue weighted by Gasteiger charge is 2.29. The second-order valence-corrected chi connectivity index (χ2v) is 30.1. The Morgan fingerprint density at radius 3 is 0.816 bits per heavy atom. The Morgan fingerprint density at radius 1 is 0.282 bits per heavy atom. The van der Waals surface area contributed by atoms with Crippen LogP contribution in [0.25, 0.3) is 0 Å². The first-order valence-electron chi connectivity index (χ1n) is 40.8. The number of esters is 3. The molecule has 0 aromatic rings. The number of phosphoric acid groups is 2. The van der Waals surface area contributed by atoms with E-state index in [0.29, 0.717) is 19.3 Å². The molecule has 0 rings (SSSR count). The molecule has 0 aromatic heterocycles. The Morgan fingerprint density at radius 2 is 0.515 bits per heavy atom. The van der Waals surface area contributed by atoms with Crippen molar-refractivity contribution >= 4 is 33.6 Å². The summed E-state index contributed by atoms with van der Waals surface area (Å²) in [7, 11) is -9.79. The van der Waals surface area contributed by atoms with E-state index in [1.54, 1.807) is 0 Å². The molecule has 0 amide bonds. The third-order valence-electron chi connectivity index (χ3n) is 17.2. The van der Waals surface area contributed by atoms with Gasteiger partial charge in [-0.2, -0.15) is 0 Å². The summed E-state index contributed by atoms with van der Waals surface area (Å²) in [4.78, 5) is 58.7. The highest BCUT2D eigenvalue weighted by Crippen LogP contribution is 2.45. The third kappa shape index (κ3) is 78.8. The lowest BCUT2D eigenvalue weighted by Crippen LogP contribution is -2.30. The molecule has 0 aromatic carbocycles. The fourth-order valence-electron chi connectivity index (χ4n) is 11.0. The van der Waals surface area contributed by atoms with Crippen molar-refractivity contribution in [1.29, 1.82) is 0 Å². The molecule has 4 N–H and O–H groups in total. The van der Waals surface area contributed by atoms with Gasteiger partial charge < -0.3 is 34.2 Å². The molecule has 0 fully saturated rings. The number of carbonyl (C=O) groups excluding carboxylic acids is 3. The van der Waals surface area contributed by atoms with Crippen LogP contribution in [-0.2, 0) is 55.8 Å². The van der Waals surface area contributed by atoms with Crippen molar-refractivity contribution in [2.24, 2.45) is 0 Å². The maximum Gasteiger partial charge on any atom is 0.472 e. The molecule has 594 valence electrons. The molecule has 0 bridgehead atoms. The van der Waals surface area contributed by atoms with Crippen LogP contribution < -0.4 is 0 Å². The molecule has 0 aliphatic heterocycles. The lowest BCUT2D eigenvalue weighted by atomic mass is 10.0. The number of unbranched alkanes of at least 4 members (excludes halogenated alkanes) is 34. The number of aliphatic hydroxyl groups excluding tert-OH is 2. The minimum Gasteiger partial charge on any atom is -0.463 e. The molecule has 103 heavy (non-hydrogen) atoms. The van der Waals surface area contributed by atoms with Crippen LogP contribution in [0.15, 0.2) is 122 Å². The van der Waals surface area contributed by atoms with Crippen molar-refractivity contribution in [1.82, 2.24) is 0 Å². The SMILES string of the molecule is CC/C=C\C/C=C\C/C=C\C/C=C\C/C=C\C/C=C\CCCCCCCCCCCCCCCCC(=O)OCC(O)COP(=O)(O)OCC(O)COP(=O)(O)OCC(COC(=O)CCCCCCCC/C=C\C/C=C\C/C=C\C/C=C\CC)OC(=O)CCCCCCCCCCCCCCCCC. The van der Waals surface area contributed by atoms with Crippen LogP contribution in [0.1, 0.15) is 342 Å². The first-order chi connectivity index (χ1) is 50.2. The number of hydrogen-bond donors (Lipinski definition) is 4. The summed E-state index contributed by atoms with van der Waals surface area (Å²) < 4.78 is 61.2. The van der Waals surface area contributed by atoms with Crippen molar-refractivity contribution in [3.8, 4) is 0 Å². The Hall–Kier alpha value is -4.05. The number of aliphatic hydroxyl groups is 2. The first-order valence-corrected chi connectivity index (χ1v) is 43.8. The maximum atomic E-state index is 13.0. The van der Waals surface area contributed by atoms with Gasteiger partial charge in [0.1, 0.15) is 25.4 Å². The number of hydrogen-bond acceptors (Lipinski definition) is 14. The van der Waals surface area contributed by atoms with E-state index in [4.69, 9.17) is 32.3 Å². The summed E-state index contributed by atoms with van der Waals surface area (Å²) in [6.45, 7) is 2.48. The molecule has 0 saturated heterocycles. The second-order valence-electron chi connectivity index (χ2n) is 27.2. The van der Waals surface area contributed by atoms with Crippen LogP contribution in [0.4, 0.5) is 0 Å². The van der Waals surface area contributed by atoms with Gasteiger partial charge in [-0.05, 0) is 109 Å². The zero-order chi connectivity index (χ0) is 75.2. The van der Waals surface area contributed by atoms with Gasteiger partial charge in [-0.1, -0.05) is 335 Å². The summed E-state index contributed by atoms with van der Waals surface area (Å²) in [6.07, 6.45) is 92.5. The van der Waals surface area contributed by atoms with Crippen molar-refractivity contribution in [3.05, 3.63) is 122 Å². The predicted molar refractivity (Wildman–Crippen MR) is 427 cm³/mol. The van der Waals surface area contributed by atoms with Crippen molar-refractivity contribution < 1.29 is 75.8 Å². The molecule has 16 nitrogen and oxygen atoms in total. The minimum absolute atomic E-state index is 0.104. The van der Waals surface area contributed by atoms with Gasteiger partial charge in [0.25, 0.3) is 0 Å². The summed E-state index contributed by atoms with van der Waals surface area (Å²) >= 11 is 0. The molecule has 0 aliphatic carbocycles. The van der Waals surface area contributed by atoms with E-state index in [1.165, 1.54) is 128 Å². The molecule has 0 heterocycles. The van der Waals surface area contributed by atoms with Gasteiger partial charge in [0.15, 0.2) is 6.10 Å². The lowest BCUT2D eigenvalue weighted by Gasteiger charge is -2.21. The first kappa shape index (κ1) is 98.9. The fourth-order valence-corrected chi connectivity index (χ4v) is 12.6. The molecule has 0 spiro atoms. The normalized spacial score (nSPS) is 14.6. The van der Waals surface area contributed by atoms with E-state index in [-0.39, 0.29) is 19.3 Å². The second kappa shape index (κ2) is 77.6. The van der Waals surface area contributed by atoms with Crippen LogP contribution in [0, 0.1) is 0 Å². The predicted octanol–water partition coefficient (Wildman–Crippen LogP) is 24.1. The standard InChI is InChI=1S/C85H148O16P2/c1-4-7-10-13-16-19-22-25-28-30-32-33-34-35-36-37-38-39-40-41-42-43-44-45-47-49-51-53-56-59-62-65-68-71-83(88)95-74-80(86)75-97-102(91,92)98-76-81(87)77-99-103(93,94)100-79-82(101-85(90)73-70-67-64-61-58-55-50-27-24-21-18-15-12-9-6-3)78-96-84(89)72-69-66-63-60-57-54-52-48-46-31-29-26-23-20-17-14-11-8-5-2/h7-8,10-11,16-17,19-20,25-26,28-29,32-33,35-36,38-39,46,48,80-82,86-87H,4-6,9,12-15,18,21-24,27,30-31,34,37,40-45,47,49-79H2,1-3H3,(H,91,92)(H,93,94)/b10-7-,11-8-,19-16-,20-17-,28-25-,29-26-,33-32-,36-35-,39-38-,48-46-. The molecular formula is C85H148O16P2. The molecule has 5 atom stereocenters. The monoisotopic (exact) mass is 1490 g/mol. The Balaban J connectivity index is 4.45. The van der Waals surface area contributed by atoms with E-state index in [0.717, 1.165) is 154 Å². The van der Waals surface area contributed by atoms with E-state index in [2.05, 4.69) is 142 Å². The third-order valence-corrected chi connectivity index (χ3v) is 19.1. The van der Waals surface area contributed by atoms with Gasteiger partial charge in [-0.3, -0.25) is 32.5 Å². The Bertz CT molecular complexity index is 2360. The minimum atomic E-state index is -4.93. The van der Waals surface area contributed by atoms with Gasteiger partial charge in [-0.25, -0.2) is 9.13 Å². The number of rotatable bonds is 77. The molecular weight excluding hydrogens is 1340 g/mol. The molecule has 0 saturated carbocycles. The van der Waals surface area contributed by atoms with Crippen molar-refractivity contribution in [2.45, 2.75) is 360 Å². The van der Waals surface area contributed by atoms with E-state index >= 15 is 0 Å². The van der Waals surface area contributed by atoms with Gasteiger partial charge in [0.05, 0.1) is 26.4 Å². The highest BCUT2D eigenvalue weighted by atomic mass is 31.2. The van der Waals surface area contributed by atoms with Crippen molar-refractivity contribution in [2.75, 3.05) is 39.6 Å². The highest BCUT2D eigenvalue weighted by molar-refractivity contribution is 7.47. The molecule has 18 heteroatoms.